The van der Waals surface area contributed by atoms with Gasteiger partial charge >= 0.3 is 31.3 Å². The Labute approximate surface area is 476 Å². The molecule has 0 aliphatic carbocycles. The highest BCUT2D eigenvalue weighted by molar-refractivity contribution is 7.48. The van der Waals surface area contributed by atoms with E-state index in [4.69, 9.17) is 74.1 Å². The van der Waals surface area contributed by atoms with Crippen molar-refractivity contribution in [3.8, 4) is 23.0 Å². The molecule has 5 aliphatic heterocycles. The largest absolute Gasteiger partial charge is 0.472 e. The summed E-state index contributed by atoms with van der Waals surface area (Å²) in [5.74, 6) is 0.123. The zero-order chi connectivity index (χ0) is 60.1. The Bertz CT molecular complexity index is 2540. The Morgan fingerprint density at radius 1 is 0.298 bits per heavy atom. The van der Waals surface area contributed by atoms with Crippen LogP contribution in [0.15, 0.2) is 121 Å². The van der Waals surface area contributed by atoms with Gasteiger partial charge in [0.15, 0.2) is 0 Å². The quantitative estimate of drug-likeness (QED) is 0.104. The Hall–Kier alpha value is -3.96. The van der Waals surface area contributed by atoms with Crippen molar-refractivity contribution in [3.63, 3.8) is 0 Å². The number of phosphoric acid groups is 4. The highest BCUT2D eigenvalue weighted by Crippen LogP contribution is 2.54. The molecule has 5 heterocycles. The first-order valence-corrected chi connectivity index (χ1v) is 31.4. The zero-order valence-electron chi connectivity index (χ0n) is 43.2. The molecule has 0 amide bonds. The second-order valence-corrected chi connectivity index (χ2v) is 24.8. The van der Waals surface area contributed by atoms with Crippen LogP contribution in [0.25, 0.3) is 0 Å². The Balaban J connectivity index is 1.06. The highest BCUT2D eigenvalue weighted by atomic mass is 31.2. The summed E-state index contributed by atoms with van der Waals surface area (Å²) >= 11 is 0. The molecule has 464 valence electrons. The Kier molecular flexibility index (Phi) is 21.2. The van der Waals surface area contributed by atoms with Crippen LogP contribution in [0.4, 0.5) is 0 Å². The van der Waals surface area contributed by atoms with Crippen LogP contribution >= 0.6 is 31.3 Å². The molecular weight excluding hydrogens is 1210 g/mol. The van der Waals surface area contributed by atoms with Crippen LogP contribution < -0.4 is 18.9 Å². The average molecular weight is 1270 g/mol. The molecule has 0 aromatic heterocycles. The Morgan fingerprint density at radius 2 is 0.476 bits per heavy atom. The maximum absolute atomic E-state index is 14.0. The van der Waals surface area contributed by atoms with Crippen LogP contribution in [0.1, 0.15) is 0 Å². The normalized spacial score (nSPS) is 43.1. The van der Waals surface area contributed by atoms with Gasteiger partial charge in [0.05, 0.1) is 26.4 Å². The van der Waals surface area contributed by atoms with Gasteiger partial charge in [-0.05, 0) is 48.5 Å². The predicted octanol–water partition coefficient (Wildman–Crippen LogP) is 0.112. The van der Waals surface area contributed by atoms with Gasteiger partial charge in [0.2, 0.25) is 25.2 Å². The van der Waals surface area contributed by atoms with Crippen LogP contribution in [-0.4, -0.2) is 210 Å². The van der Waals surface area contributed by atoms with Crippen molar-refractivity contribution in [3.05, 3.63) is 121 Å². The maximum Gasteiger partial charge on any atom is 0.472 e. The summed E-state index contributed by atoms with van der Waals surface area (Å²) in [5.41, 5.74) is 0. The third-order valence-corrected chi connectivity index (χ3v) is 17.1. The van der Waals surface area contributed by atoms with E-state index in [0.717, 1.165) is 0 Å². The van der Waals surface area contributed by atoms with Gasteiger partial charge in [-0.3, -0.25) is 36.2 Å². The zero-order valence-corrected chi connectivity index (χ0v) is 46.8. The summed E-state index contributed by atoms with van der Waals surface area (Å²) in [5, 5.41) is 91.0. The van der Waals surface area contributed by atoms with Crippen molar-refractivity contribution in [2.45, 2.75) is 123 Å². The van der Waals surface area contributed by atoms with Crippen LogP contribution in [0.5, 0.6) is 23.0 Å². The number of fused-ring (bicyclic) bond motifs is 4. The lowest BCUT2D eigenvalue weighted by Crippen LogP contribution is -2.61. The molecule has 36 heteroatoms. The van der Waals surface area contributed by atoms with Crippen molar-refractivity contribution in [1.29, 1.82) is 0 Å². The summed E-state index contributed by atoms with van der Waals surface area (Å²) in [6.45, 7) is -5.29. The smallest absolute Gasteiger partial charge is 0.462 e. The molecule has 0 radical (unpaired) electrons. The van der Waals surface area contributed by atoms with Crippen LogP contribution in [0, 0.1) is 0 Å². The third kappa shape index (κ3) is 16.4. The molecule has 24 atom stereocenters. The fourth-order valence-electron chi connectivity index (χ4n) is 9.01. The first-order valence-electron chi connectivity index (χ1n) is 25.4. The van der Waals surface area contributed by atoms with Crippen molar-refractivity contribution in [2.75, 3.05) is 26.4 Å². The van der Waals surface area contributed by atoms with E-state index in [1.807, 2.05) is 0 Å². The van der Waals surface area contributed by atoms with Gasteiger partial charge in [0.1, 0.15) is 121 Å². The minimum absolute atomic E-state index is 0.0308. The number of para-hydroxylation sites is 4. The number of benzene rings is 4. The van der Waals surface area contributed by atoms with E-state index in [9.17, 15) is 78.7 Å². The van der Waals surface area contributed by atoms with Gasteiger partial charge in [0, 0.05) is 0 Å². The predicted molar refractivity (Wildman–Crippen MR) is 274 cm³/mol. The van der Waals surface area contributed by atoms with Crippen molar-refractivity contribution in [1.82, 2.24) is 0 Å². The van der Waals surface area contributed by atoms with Crippen LogP contribution in [-0.2, 0) is 73.4 Å². The van der Waals surface area contributed by atoms with Gasteiger partial charge in [-0.2, -0.15) is 0 Å². The summed E-state index contributed by atoms with van der Waals surface area (Å²) in [7, 11) is -23.1. The molecule has 12 N–H and O–H groups in total. The molecule has 5 aliphatic rings. The summed E-state index contributed by atoms with van der Waals surface area (Å²) in [6.07, 6.45) is -43.3. The van der Waals surface area contributed by atoms with E-state index >= 15 is 0 Å². The lowest BCUT2D eigenvalue weighted by molar-refractivity contribution is -0.282. The first-order chi connectivity index (χ1) is 39.8. The number of rotatable bonds is 8. The number of hydrogen-bond acceptors (Lipinski definition) is 28. The monoisotopic (exact) mass is 1270 g/mol. The number of aliphatic hydroxyl groups is 8. The van der Waals surface area contributed by atoms with Crippen LogP contribution in [0.3, 0.4) is 0 Å². The fraction of sp³-hybridized carbons (Fsp3) is 0.500. The lowest BCUT2D eigenvalue weighted by Gasteiger charge is -2.44. The highest BCUT2D eigenvalue weighted by Gasteiger charge is 2.56. The van der Waals surface area contributed by atoms with E-state index in [0.29, 0.717) is 0 Å². The van der Waals surface area contributed by atoms with Crippen molar-refractivity contribution in [2.24, 2.45) is 0 Å². The molecule has 9 rings (SSSR count). The molecule has 0 bridgehead atoms. The molecule has 32 nitrogen and oxygen atoms in total. The van der Waals surface area contributed by atoms with E-state index in [-0.39, 0.29) is 23.0 Å². The van der Waals surface area contributed by atoms with Gasteiger partial charge in [0.25, 0.3) is 0 Å². The Morgan fingerprint density at radius 3 is 0.655 bits per heavy atom. The summed E-state index contributed by atoms with van der Waals surface area (Å²) in [4.78, 5) is 45.2. The molecule has 0 saturated carbocycles. The van der Waals surface area contributed by atoms with Crippen LogP contribution in [0.2, 0.25) is 0 Å². The van der Waals surface area contributed by atoms with Gasteiger partial charge < -0.3 is 98.3 Å². The number of ether oxygens (including phenoxy) is 8. The molecule has 5 saturated heterocycles. The second kappa shape index (κ2) is 27.6. The molecule has 84 heavy (non-hydrogen) atoms. The topological polar surface area (TPSA) is 459 Å². The second-order valence-electron chi connectivity index (χ2n) is 19.2. The SMILES string of the molecule is O=P1(O)OC[C@H]2O[C@@H](Oc3ccccc3)[C@H](O)[C@@H](O)[C@@H]2OP(=O)(O)OC[C@H]2O[C@@H](Oc3ccccc3)[C@H](O)[C@@H](O)[C@@H]2OP(=O)(O)OC[C@H]2O[C@@H](Oc3ccccc3)[C@H](O)[C@@H](O)[C@@H]2OP(=O)(O)OC[C@@H]2O[C@@H](Oc3ccccc3)[C@H](O)[C@@H](O)[C@H]2O1. The van der Waals surface area contributed by atoms with Gasteiger partial charge in [-0.25, -0.2) is 18.3 Å². The molecule has 0 spiro atoms. The minimum Gasteiger partial charge on any atom is -0.462 e. The van der Waals surface area contributed by atoms with Crippen molar-refractivity contribution < 1.29 is 153 Å². The van der Waals surface area contributed by atoms with Gasteiger partial charge in [-0.1, -0.05) is 72.8 Å². The number of phosphoric ester groups is 4. The molecular formula is C48H60O32P4. The van der Waals surface area contributed by atoms with E-state index in [2.05, 4.69) is 0 Å². The first kappa shape index (κ1) is 64.5. The summed E-state index contributed by atoms with van der Waals surface area (Å²) < 4.78 is 144. The molecule has 4 unspecified atom stereocenters. The third-order valence-electron chi connectivity index (χ3n) is 13.2. The maximum atomic E-state index is 14.0. The molecule has 4 aromatic carbocycles. The molecule has 4 aromatic rings. The van der Waals surface area contributed by atoms with Crippen molar-refractivity contribution >= 4 is 31.3 Å². The van der Waals surface area contributed by atoms with Gasteiger partial charge in [-0.15, -0.1) is 0 Å². The fourth-order valence-corrected chi connectivity index (χ4v) is 12.9. The molecule has 5 fully saturated rings. The van der Waals surface area contributed by atoms with E-state index < -0.39 is 181 Å². The number of aliphatic hydroxyl groups excluding tert-OH is 8. The standard InChI is InChI=1S/C48H60O32P4/c49-33-37(53)45(69-25-13-5-1-6-14-25)73-29-21-65-81(57,58)78-42-31(75-46(38(54)34(42)50)70-26-15-7-2-8-16-26)23-67-83(61,62)80-44-32(76-48(40(56)36(44)52)72-28-19-11-4-12-20-28)24-68-84(63,64)79-43-30(22-66-82(59,60)77-41(29)33)74-47(39(55)35(43)51)71-27-17-9-3-10-18-27/h1-20,29-56H,21-24H2,(H,57,58)(H,59,60)(H,61,62)(H,63,64)/t29-,30-,31-,32+,33-,34-,35-,36-,37-,38-,39-,40-,41-,42-,43-,44+,45-,46-,47-,48-/m1/s1. The minimum atomic E-state index is -5.78. The lowest BCUT2D eigenvalue weighted by atomic mass is 9.99. The van der Waals surface area contributed by atoms with E-state index in [1.165, 1.54) is 97.1 Å². The average Bonchev–Trinajstić information content (AvgIpc) is 3.23. The van der Waals surface area contributed by atoms with E-state index in [1.54, 1.807) is 24.3 Å². The number of hydrogen-bond donors (Lipinski definition) is 12. The summed E-state index contributed by atoms with van der Waals surface area (Å²) in [6, 6.07) is 29.8.